The lowest BCUT2D eigenvalue weighted by molar-refractivity contribution is -0.122. The van der Waals surface area contributed by atoms with Crippen molar-refractivity contribution in [3.05, 3.63) is 77.6 Å². The number of methoxy groups -OCH3 is 1. The maximum atomic E-state index is 13.4. The van der Waals surface area contributed by atoms with Crippen molar-refractivity contribution in [3.8, 4) is 5.75 Å². The highest BCUT2D eigenvalue weighted by Crippen LogP contribution is 2.26. The van der Waals surface area contributed by atoms with Crippen molar-refractivity contribution in [1.82, 2.24) is 10.2 Å². The normalized spacial score (nSPS) is 16.5. The molecule has 168 valence electrons. The van der Waals surface area contributed by atoms with Crippen molar-refractivity contribution in [2.24, 2.45) is 0 Å². The molecule has 0 spiro atoms. The number of nitrogens with one attached hydrogen (secondary N) is 1. The van der Waals surface area contributed by atoms with E-state index in [1.807, 2.05) is 37.3 Å². The molecule has 3 aromatic rings. The second-order valence-electron chi connectivity index (χ2n) is 8.16. The maximum absolute atomic E-state index is 13.4. The number of benzene rings is 3. The first-order chi connectivity index (χ1) is 15.5. The summed E-state index contributed by atoms with van der Waals surface area (Å²) in [6.07, 6.45) is 0. The van der Waals surface area contributed by atoms with E-state index in [1.165, 1.54) is 12.1 Å². The molecule has 0 aliphatic carbocycles. The molecule has 1 aliphatic rings. The minimum atomic E-state index is -0.292. The van der Waals surface area contributed by atoms with E-state index in [1.54, 1.807) is 19.2 Å². The van der Waals surface area contributed by atoms with Crippen LogP contribution in [-0.4, -0.2) is 50.8 Å². The van der Waals surface area contributed by atoms with Gasteiger partial charge < -0.3 is 14.8 Å². The number of halogens is 1. The van der Waals surface area contributed by atoms with Crippen molar-refractivity contribution >= 4 is 16.7 Å². The van der Waals surface area contributed by atoms with Crippen LogP contribution in [0, 0.1) is 5.82 Å². The van der Waals surface area contributed by atoms with Crippen LogP contribution in [0.1, 0.15) is 30.0 Å². The topological polar surface area (TPSA) is 50.8 Å². The molecule has 1 N–H and O–H groups in total. The molecule has 1 aliphatic heterocycles. The van der Waals surface area contributed by atoms with Gasteiger partial charge in [0.2, 0.25) is 5.91 Å². The van der Waals surface area contributed by atoms with Gasteiger partial charge in [-0.3, -0.25) is 9.69 Å². The standard InChI is InChI=1S/C26H29FN2O3/c1-18(20-3-4-22-16-24(31-2)10-7-21(22)15-20)26(30)28-17-25(29-11-13-32-14-12-29)19-5-8-23(27)9-6-19/h3-10,15-16,18,25H,11-14,17H2,1-2H3,(H,28,30)/t18-,25?/m0/s1. The van der Waals surface area contributed by atoms with Crippen LogP contribution in [0.25, 0.3) is 10.8 Å². The predicted octanol–water partition coefficient (Wildman–Crippen LogP) is 4.28. The molecule has 1 heterocycles. The highest BCUT2D eigenvalue weighted by Gasteiger charge is 2.24. The van der Waals surface area contributed by atoms with Crippen molar-refractivity contribution in [2.75, 3.05) is 40.0 Å². The molecule has 0 radical (unpaired) electrons. The van der Waals surface area contributed by atoms with E-state index in [0.717, 1.165) is 40.7 Å². The zero-order chi connectivity index (χ0) is 22.5. The van der Waals surface area contributed by atoms with E-state index in [2.05, 4.69) is 16.3 Å². The van der Waals surface area contributed by atoms with Gasteiger partial charge in [0.05, 0.1) is 32.3 Å². The molecule has 5 nitrogen and oxygen atoms in total. The van der Waals surface area contributed by atoms with E-state index in [4.69, 9.17) is 9.47 Å². The molecule has 4 rings (SSSR count). The lowest BCUT2D eigenvalue weighted by atomic mass is 9.96. The van der Waals surface area contributed by atoms with Crippen molar-refractivity contribution < 1.29 is 18.7 Å². The average molecular weight is 437 g/mol. The van der Waals surface area contributed by atoms with Crippen molar-refractivity contribution in [1.29, 1.82) is 0 Å². The van der Waals surface area contributed by atoms with Gasteiger partial charge in [0.25, 0.3) is 0 Å². The minimum absolute atomic E-state index is 0.0280. The number of hydrogen-bond acceptors (Lipinski definition) is 4. The molecule has 1 unspecified atom stereocenters. The Morgan fingerprint density at radius 1 is 1.03 bits per heavy atom. The summed E-state index contributed by atoms with van der Waals surface area (Å²) in [6.45, 7) is 5.25. The second kappa shape index (κ2) is 10.1. The van der Waals surface area contributed by atoms with Crippen LogP contribution >= 0.6 is 0 Å². The molecular weight excluding hydrogens is 407 g/mol. The van der Waals surface area contributed by atoms with Crippen molar-refractivity contribution in [2.45, 2.75) is 18.9 Å². The van der Waals surface area contributed by atoms with Gasteiger partial charge in [-0.25, -0.2) is 4.39 Å². The molecule has 0 aromatic heterocycles. The summed E-state index contributed by atoms with van der Waals surface area (Å²) in [5, 5.41) is 5.27. The Kier molecular flexibility index (Phi) is 7.02. The van der Waals surface area contributed by atoms with E-state index in [9.17, 15) is 9.18 Å². The predicted molar refractivity (Wildman–Crippen MR) is 123 cm³/mol. The van der Waals surface area contributed by atoms with Crippen LogP contribution < -0.4 is 10.1 Å². The number of carbonyl (C=O) groups is 1. The number of hydrogen-bond donors (Lipinski definition) is 1. The highest BCUT2D eigenvalue weighted by atomic mass is 19.1. The SMILES string of the molecule is COc1ccc2cc([C@H](C)C(=O)NCC(c3ccc(F)cc3)N3CCOCC3)ccc2c1. The van der Waals surface area contributed by atoms with Gasteiger partial charge in [-0.05, 0) is 53.1 Å². The third-order valence-electron chi connectivity index (χ3n) is 6.18. The van der Waals surface area contributed by atoms with Gasteiger partial charge in [-0.2, -0.15) is 0 Å². The van der Waals surface area contributed by atoms with E-state index in [0.29, 0.717) is 19.8 Å². The molecule has 1 fully saturated rings. The number of nitrogens with zero attached hydrogens (tertiary/aromatic N) is 1. The summed E-state index contributed by atoms with van der Waals surface area (Å²) in [6, 6.07) is 18.5. The molecule has 6 heteroatoms. The first kappa shape index (κ1) is 22.2. The van der Waals surface area contributed by atoms with E-state index in [-0.39, 0.29) is 23.7 Å². The number of carbonyl (C=O) groups excluding carboxylic acids is 1. The molecule has 1 saturated heterocycles. The average Bonchev–Trinajstić information content (AvgIpc) is 2.84. The van der Waals surface area contributed by atoms with E-state index < -0.39 is 0 Å². The zero-order valence-electron chi connectivity index (χ0n) is 18.5. The van der Waals surface area contributed by atoms with Gasteiger partial charge in [-0.15, -0.1) is 0 Å². The number of rotatable bonds is 7. The molecule has 32 heavy (non-hydrogen) atoms. The maximum Gasteiger partial charge on any atom is 0.227 e. The summed E-state index contributed by atoms with van der Waals surface area (Å²) >= 11 is 0. The summed E-state index contributed by atoms with van der Waals surface area (Å²) in [5.74, 6) is 0.227. The first-order valence-electron chi connectivity index (χ1n) is 11.0. The smallest absolute Gasteiger partial charge is 0.227 e. The number of morpholine rings is 1. The van der Waals surface area contributed by atoms with Crippen molar-refractivity contribution in [3.63, 3.8) is 0 Å². The Bertz CT molecular complexity index is 1060. The Labute approximate surface area is 188 Å². The fourth-order valence-electron chi connectivity index (χ4n) is 4.17. The van der Waals surface area contributed by atoms with Gasteiger partial charge in [0, 0.05) is 19.6 Å². The van der Waals surface area contributed by atoms with Crippen LogP contribution in [0.3, 0.4) is 0 Å². The Hall–Kier alpha value is -2.96. The van der Waals surface area contributed by atoms with Crippen LogP contribution in [0.4, 0.5) is 4.39 Å². The third kappa shape index (κ3) is 5.09. The van der Waals surface area contributed by atoms with Crippen LogP contribution in [0.15, 0.2) is 60.7 Å². The molecule has 3 aromatic carbocycles. The minimum Gasteiger partial charge on any atom is -0.497 e. The fourth-order valence-corrected chi connectivity index (χ4v) is 4.17. The highest BCUT2D eigenvalue weighted by molar-refractivity contribution is 5.88. The monoisotopic (exact) mass is 436 g/mol. The third-order valence-corrected chi connectivity index (χ3v) is 6.18. The van der Waals surface area contributed by atoms with Gasteiger partial charge in [0.15, 0.2) is 0 Å². The zero-order valence-corrected chi connectivity index (χ0v) is 18.5. The molecule has 0 saturated carbocycles. The second-order valence-corrected chi connectivity index (χ2v) is 8.16. The molecule has 2 atom stereocenters. The number of fused-ring (bicyclic) bond motifs is 1. The lowest BCUT2D eigenvalue weighted by Crippen LogP contribution is -2.44. The summed E-state index contributed by atoms with van der Waals surface area (Å²) in [7, 11) is 1.65. The molecule has 1 amide bonds. The van der Waals surface area contributed by atoms with Crippen LogP contribution in [-0.2, 0) is 9.53 Å². The van der Waals surface area contributed by atoms with Gasteiger partial charge in [0.1, 0.15) is 11.6 Å². The largest absolute Gasteiger partial charge is 0.497 e. The Balaban J connectivity index is 1.47. The summed E-state index contributed by atoms with van der Waals surface area (Å²) in [4.78, 5) is 15.3. The molecular formula is C26H29FN2O3. The van der Waals surface area contributed by atoms with E-state index >= 15 is 0 Å². The lowest BCUT2D eigenvalue weighted by Gasteiger charge is -2.35. The van der Waals surface area contributed by atoms with Gasteiger partial charge >= 0.3 is 0 Å². The molecule has 0 bridgehead atoms. The Morgan fingerprint density at radius 3 is 2.41 bits per heavy atom. The quantitative estimate of drug-likeness (QED) is 0.601. The first-order valence-corrected chi connectivity index (χ1v) is 11.0. The summed E-state index contributed by atoms with van der Waals surface area (Å²) < 4.78 is 24.2. The van der Waals surface area contributed by atoms with Gasteiger partial charge in [-0.1, -0.05) is 36.4 Å². The number of amides is 1. The Morgan fingerprint density at radius 2 is 1.69 bits per heavy atom. The van der Waals surface area contributed by atoms with Crippen LogP contribution in [0.5, 0.6) is 5.75 Å². The fraction of sp³-hybridized carbons (Fsp3) is 0.346. The summed E-state index contributed by atoms with van der Waals surface area (Å²) in [5.41, 5.74) is 1.95. The number of ether oxygens (including phenoxy) is 2. The van der Waals surface area contributed by atoms with Crippen LogP contribution in [0.2, 0.25) is 0 Å².